The van der Waals surface area contributed by atoms with Crippen molar-refractivity contribution in [2.24, 2.45) is 5.92 Å². The number of amides is 1. The fourth-order valence-electron chi connectivity index (χ4n) is 2.90. The van der Waals surface area contributed by atoms with Crippen molar-refractivity contribution < 1.29 is 14.3 Å². The van der Waals surface area contributed by atoms with E-state index in [4.69, 9.17) is 4.74 Å². The Balaban J connectivity index is 1.50. The van der Waals surface area contributed by atoms with E-state index in [9.17, 15) is 9.59 Å². The van der Waals surface area contributed by atoms with Gasteiger partial charge < -0.3 is 10.1 Å². The Kier molecular flexibility index (Phi) is 5.30. The van der Waals surface area contributed by atoms with Gasteiger partial charge in [-0.15, -0.1) is 11.3 Å². The predicted octanol–water partition coefficient (Wildman–Crippen LogP) is 3.35. The quantitative estimate of drug-likeness (QED) is 0.847. The summed E-state index contributed by atoms with van der Waals surface area (Å²) in [5.41, 5.74) is 2.77. The zero-order chi connectivity index (χ0) is 16.9. The molecule has 1 aromatic heterocycles. The van der Waals surface area contributed by atoms with Crippen LogP contribution in [-0.2, 0) is 28.9 Å². The molecule has 3 rings (SSSR count). The van der Waals surface area contributed by atoms with Crippen LogP contribution in [0.1, 0.15) is 39.7 Å². The molecule has 5 heteroatoms. The summed E-state index contributed by atoms with van der Waals surface area (Å²) in [5, 5.41) is 4.62. The van der Waals surface area contributed by atoms with Gasteiger partial charge in [0, 0.05) is 16.8 Å². The number of hydrogen-bond donors (Lipinski definition) is 1. The Morgan fingerprint density at radius 2 is 2.08 bits per heavy atom. The van der Waals surface area contributed by atoms with E-state index < -0.39 is 5.97 Å². The molecule has 1 heterocycles. The molecular formula is C19H21NO3S. The molecule has 1 atom stereocenters. The van der Waals surface area contributed by atoms with Crippen LogP contribution in [0, 0.1) is 5.92 Å². The van der Waals surface area contributed by atoms with E-state index in [1.807, 2.05) is 35.7 Å². The minimum Gasteiger partial charge on any atom is -0.452 e. The first-order chi connectivity index (χ1) is 11.6. The van der Waals surface area contributed by atoms with E-state index in [1.165, 1.54) is 4.88 Å². The van der Waals surface area contributed by atoms with Gasteiger partial charge >= 0.3 is 5.97 Å². The number of hydrogen-bond acceptors (Lipinski definition) is 4. The summed E-state index contributed by atoms with van der Waals surface area (Å²) < 4.78 is 5.19. The molecule has 1 amide bonds. The molecule has 4 nitrogen and oxygen atoms in total. The molecular weight excluding hydrogens is 322 g/mol. The van der Waals surface area contributed by atoms with Crippen molar-refractivity contribution in [1.82, 2.24) is 5.32 Å². The Labute approximate surface area is 145 Å². The van der Waals surface area contributed by atoms with Gasteiger partial charge in [0.1, 0.15) is 0 Å². The number of esters is 1. The van der Waals surface area contributed by atoms with Gasteiger partial charge in [-0.05, 0) is 36.3 Å². The standard InChI is InChI=1S/C19H21NO3S/c1-13-7-8-15-16(12-24-17(15)9-13)19(22)23-11-18(21)20-10-14-5-3-2-4-6-14/h2-6,12-13H,7-11H2,1H3,(H,20,21). The van der Waals surface area contributed by atoms with Crippen molar-refractivity contribution in [1.29, 1.82) is 0 Å². The van der Waals surface area contributed by atoms with Gasteiger partial charge in [0.25, 0.3) is 5.91 Å². The Hall–Kier alpha value is -2.14. The van der Waals surface area contributed by atoms with Gasteiger partial charge in [0.05, 0.1) is 5.56 Å². The summed E-state index contributed by atoms with van der Waals surface area (Å²) in [7, 11) is 0. The Morgan fingerprint density at radius 1 is 1.29 bits per heavy atom. The monoisotopic (exact) mass is 343 g/mol. The van der Waals surface area contributed by atoms with Crippen molar-refractivity contribution >= 4 is 23.2 Å². The number of ether oxygens (including phenoxy) is 1. The van der Waals surface area contributed by atoms with E-state index in [1.54, 1.807) is 11.3 Å². The largest absolute Gasteiger partial charge is 0.452 e. The lowest BCUT2D eigenvalue weighted by Gasteiger charge is -2.18. The third-order valence-electron chi connectivity index (χ3n) is 4.29. The molecule has 1 aromatic carbocycles. The van der Waals surface area contributed by atoms with Crippen LogP contribution in [0.4, 0.5) is 0 Å². The summed E-state index contributed by atoms with van der Waals surface area (Å²) in [6, 6.07) is 9.63. The zero-order valence-electron chi connectivity index (χ0n) is 13.7. The zero-order valence-corrected chi connectivity index (χ0v) is 14.5. The van der Waals surface area contributed by atoms with Crippen LogP contribution in [0.3, 0.4) is 0 Å². The minimum absolute atomic E-state index is 0.243. The molecule has 0 spiro atoms. The first kappa shape index (κ1) is 16.7. The maximum atomic E-state index is 12.2. The van der Waals surface area contributed by atoms with E-state index >= 15 is 0 Å². The van der Waals surface area contributed by atoms with Gasteiger partial charge in [0.15, 0.2) is 6.61 Å². The van der Waals surface area contributed by atoms with E-state index in [0.717, 1.165) is 30.4 Å². The molecule has 2 aromatic rings. The lowest BCUT2D eigenvalue weighted by molar-refractivity contribution is -0.124. The average Bonchev–Trinajstić information content (AvgIpc) is 3.01. The van der Waals surface area contributed by atoms with Crippen molar-refractivity contribution in [2.45, 2.75) is 32.7 Å². The summed E-state index contributed by atoms with van der Waals surface area (Å²) >= 11 is 1.62. The molecule has 24 heavy (non-hydrogen) atoms. The third kappa shape index (κ3) is 4.03. The normalized spacial score (nSPS) is 16.3. The van der Waals surface area contributed by atoms with Crippen LogP contribution in [0.25, 0.3) is 0 Å². The van der Waals surface area contributed by atoms with E-state index in [2.05, 4.69) is 12.2 Å². The van der Waals surface area contributed by atoms with Gasteiger partial charge in [-0.1, -0.05) is 37.3 Å². The fraction of sp³-hybridized carbons (Fsp3) is 0.368. The summed E-state index contributed by atoms with van der Waals surface area (Å²) in [6.07, 6.45) is 3.05. The fourth-order valence-corrected chi connectivity index (χ4v) is 4.14. The Morgan fingerprint density at radius 3 is 2.88 bits per heavy atom. The van der Waals surface area contributed by atoms with Gasteiger partial charge in [0.2, 0.25) is 0 Å². The number of fused-ring (bicyclic) bond motifs is 1. The second-order valence-corrected chi connectivity index (χ2v) is 7.20. The lowest BCUT2D eigenvalue weighted by Crippen LogP contribution is -2.28. The second-order valence-electron chi connectivity index (χ2n) is 6.24. The maximum absolute atomic E-state index is 12.2. The third-order valence-corrected chi connectivity index (χ3v) is 5.34. The lowest BCUT2D eigenvalue weighted by atomic mass is 9.88. The highest BCUT2D eigenvalue weighted by atomic mass is 32.1. The second kappa shape index (κ2) is 7.62. The van der Waals surface area contributed by atoms with Crippen molar-refractivity contribution in [2.75, 3.05) is 6.61 Å². The highest BCUT2D eigenvalue weighted by Gasteiger charge is 2.24. The number of rotatable bonds is 5. The van der Waals surface area contributed by atoms with Crippen LogP contribution < -0.4 is 5.32 Å². The molecule has 0 radical (unpaired) electrons. The van der Waals surface area contributed by atoms with Gasteiger partial charge in [-0.25, -0.2) is 4.79 Å². The number of nitrogens with one attached hydrogen (secondary N) is 1. The van der Waals surface area contributed by atoms with Gasteiger partial charge in [-0.2, -0.15) is 0 Å². The van der Waals surface area contributed by atoms with Crippen LogP contribution in [0.2, 0.25) is 0 Å². The van der Waals surface area contributed by atoms with Crippen LogP contribution in [-0.4, -0.2) is 18.5 Å². The van der Waals surface area contributed by atoms with Crippen molar-refractivity contribution in [3.05, 3.63) is 57.3 Å². The molecule has 0 saturated carbocycles. The molecule has 0 aliphatic heterocycles. The number of carbonyl (C=O) groups is 2. The smallest absolute Gasteiger partial charge is 0.339 e. The average molecular weight is 343 g/mol. The molecule has 1 unspecified atom stereocenters. The topological polar surface area (TPSA) is 55.4 Å². The number of carbonyl (C=O) groups excluding carboxylic acids is 2. The Bertz CT molecular complexity index is 723. The van der Waals surface area contributed by atoms with Gasteiger partial charge in [-0.3, -0.25) is 4.79 Å². The molecule has 126 valence electrons. The van der Waals surface area contributed by atoms with Crippen LogP contribution >= 0.6 is 11.3 Å². The molecule has 1 N–H and O–H groups in total. The first-order valence-electron chi connectivity index (χ1n) is 8.20. The highest BCUT2D eigenvalue weighted by molar-refractivity contribution is 7.10. The summed E-state index contributed by atoms with van der Waals surface area (Å²) in [6.45, 7) is 2.42. The first-order valence-corrected chi connectivity index (χ1v) is 9.08. The molecule has 1 aliphatic carbocycles. The predicted molar refractivity (Wildman–Crippen MR) is 94.1 cm³/mol. The molecule has 0 saturated heterocycles. The maximum Gasteiger partial charge on any atom is 0.339 e. The number of benzene rings is 1. The SMILES string of the molecule is CC1CCc2c(C(=O)OCC(=O)NCc3ccccc3)csc2C1. The molecule has 0 bridgehead atoms. The van der Waals surface area contributed by atoms with E-state index in [0.29, 0.717) is 18.0 Å². The summed E-state index contributed by atoms with van der Waals surface area (Å²) in [5.74, 6) is -0.00868. The van der Waals surface area contributed by atoms with Crippen molar-refractivity contribution in [3.8, 4) is 0 Å². The minimum atomic E-state index is -0.392. The van der Waals surface area contributed by atoms with Crippen molar-refractivity contribution in [3.63, 3.8) is 0 Å². The summed E-state index contributed by atoms with van der Waals surface area (Å²) in [4.78, 5) is 25.4. The highest BCUT2D eigenvalue weighted by Crippen LogP contribution is 2.33. The molecule has 0 fully saturated rings. The van der Waals surface area contributed by atoms with E-state index in [-0.39, 0.29) is 12.5 Å². The van der Waals surface area contributed by atoms with Crippen LogP contribution in [0.5, 0.6) is 0 Å². The molecule has 1 aliphatic rings. The van der Waals surface area contributed by atoms with Crippen LogP contribution in [0.15, 0.2) is 35.7 Å². The number of thiophene rings is 1.